The van der Waals surface area contributed by atoms with Crippen LogP contribution in [-0.4, -0.2) is 27.8 Å². The first-order chi connectivity index (χ1) is 11.1. The second-order valence-electron chi connectivity index (χ2n) is 6.58. The van der Waals surface area contributed by atoms with Crippen LogP contribution in [0.15, 0.2) is 27.3 Å². The molecule has 1 fully saturated rings. The second kappa shape index (κ2) is 6.84. The molecular formula is C17H25N3O3. The number of furan rings is 1. The molecule has 0 saturated heterocycles. The van der Waals surface area contributed by atoms with Crippen LogP contribution in [0.2, 0.25) is 0 Å². The summed E-state index contributed by atoms with van der Waals surface area (Å²) in [6.07, 6.45) is 6.55. The summed E-state index contributed by atoms with van der Waals surface area (Å²) in [5.74, 6) is 2.53. The Balaban J connectivity index is 1.48. The van der Waals surface area contributed by atoms with Gasteiger partial charge in [0.25, 0.3) is 0 Å². The van der Waals surface area contributed by atoms with Gasteiger partial charge in [0, 0.05) is 24.9 Å². The normalized spacial score (nSPS) is 24.5. The van der Waals surface area contributed by atoms with Crippen molar-refractivity contribution in [3.63, 3.8) is 0 Å². The lowest BCUT2D eigenvalue weighted by atomic mass is 9.85. The van der Waals surface area contributed by atoms with Crippen LogP contribution in [0, 0.1) is 0 Å². The smallest absolute Gasteiger partial charge is 0.229 e. The number of aromatic nitrogens is 2. The van der Waals surface area contributed by atoms with Gasteiger partial charge < -0.3 is 19.4 Å². The van der Waals surface area contributed by atoms with Crippen LogP contribution in [0.25, 0.3) is 0 Å². The van der Waals surface area contributed by atoms with Crippen LogP contribution in [-0.2, 0) is 12.0 Å². The summed E-state index contributed by atoms with van der Waals surface area (Å²) in [6, 6.07) is 4.00. The molecular weight excluding hydrogens is 294 g/mol. The molecule has 2 N–H and O–H groups in total. The summed E-state index contributed by atoms with van der Waals surface area (Å²) >= 11 is 0. The predicted octanol–water partition coefficient (Wildman–Crippen LogP) is 2.75. The van der Waals surface area contributed by atoms with E-state index in [0.717, 1.165) is 43.8 Å². The number of aliphatic hydroxyl groups is 1. The molecule has 0 aromatic carbocycles. The van der Waals surface area contributed by atoms with E-state index in [1.54, 1.807) is 25.3 Å². The molecule has 3 rings (SSSR count). The number of nitrogens with zero attached hydrogens (tertiary/aromatic N) is 2. The minimum atomic E-state index is -0.983. The maximum atomic E-state index is 10.5. The maximum Gasteiger partial charge on any atom is 0.229 e. The highest BCUT2D eigenvalue weighted by Crippen LogP contribution is 2.32. The quantitative estimate of drug-likeness (QED) is 0.851. The van der Waals surface area contributed by atoms with Crippen molar-refractivity contribution >= 4 is 0 Å². The molecule has 1 aliphatic carbocycles. The van der Waals surface area contributed by atoms with Crippen LogP contribution in [0.4, 0.5) is 0 Å². The van der Waals surface area contributed by atoms with Gasteiger partial charge in [0.1, 0.15) is 11.4 Å². The van der Waals surface area contributed by atoms with Gasteiger partial charge in [-0.25, -0.2) is 0 Å². The lowest BCUT2D eigenvalue weighted by Gasteiger charge is -2.30. The van der Waals surface area contributed by atoms with Crippen LogP contribution in [0.5, 0.6) is 0 Å². The van der Waals surface area contributed by atoms with Gasteiger partial charge in [-0.15, -0.1) is 0 Å². The zero-order chi connectivity index (χ0) is 16.3. The standard InChI is InChI=1S/C17H25N3O3/c1-3-15-19-16(23-20-15)12-6-8-13(9-7-12)18-11-17(2,21)14-5-4-10-22-14/h4-5,10,12-13,18,21H,3,6-9,11H2,1-2H3. The predicted molar refractivity (Wildman–Crippen MR) is 85.0 cm³/mol. The lowest BCUT2D eigenvalue weighted by molar-refractivity contribution is 0.0299. The van der Waals surface area contributed by atoms with Crippen molar-refractivity contribution in [3.8, 4) is 0 Å². The van der Waals surface area contributed by atoms with Gasteiger partial charge in [0.15, 0.2) is 5.82 Å². The van der Waals surface area contributed by atoms with E-state index in [0.29, 0.717) is 24.3 Å². The van der Waals surface area contributed by atoms with E-state index in [4.69, 9.17) is 8.94 Å². The highest BCUT2D eigenvalue weighted by molar-refractivity contribution is 5.08. The molecule has 0 radical (unpaired) electrons. The highest BCUT2D eigenvalue weighted by atomic mass is 16.5. The van der Waals surface area contributed by atoms with Gasteiger partial charge in [-0.3, -0.25) is 0 Å². The molecule has 126 valence electrons. The van der Waals surface area contributed by atoms with Gasteiger partial charge in [-0.2, -0.15) is 4.98 Å². The molecule has 6 nitrogen and oxygen atoms in total. The van der Waals surface area contributed by atoms with E-state index >= 15 is 0 Å². The van der Waals surface area contributed by atoms with Crippen molar-refractivity contribution in [1.29, 1.82) is 0 Å². The van der Waals surface area contributed by atoms with Crippen molar-refractivity contribution in [2.75, 3.05) is 6.54 Å². The first kappa shape index (κ1) is 16.2. The van der Waals surface area contributed by atoms with Crippen LogP contribution < -0.4 is 5.32 Å². The molecule has 2 aromatic rings. The monoisotopic (exact) mass is 319 g/mol. The Bertz CT molecular complexity index is 598. The van der Waals surface area contributed by atoms with Crippen molar-refractivity contribution in [2.45, 2.75) is 63.5 Å². The zero-order valence-corrected chi connectivity index (χ0v) is 13.8. The Morgan fingerprint density at radius 1 is 1.35 bits per heavy atom. The fraction of sp³-hybridized carbons (Fsp3) is 0.647. The minimum Gasteiger partial charge on any atom is -0.466 e. The third kappa shape index (κ3) is 3.82. The van der Waals surface area contributed by atoms with Crippen LogP contribution >= 0.6 is 0 Å². The molecule has 1 aliphatic rings. The van der Waals surface area contributed by atoms with Gasteiger partial charge >= 0.3 is 0 Å². The summed E-state index contributed by atoms with van der Waals surface area (Å²) in [6.45, 7) is 4.28. The maximum absolute atomic E-state index is 10.5. The van der Waals surface area contributed by atoms with E-state index in [9.17, 15) is 5.11 Å². The lowest BCUT2D eigenvalue weighted by Crippen LogP contribution is -2.42. The molecule has 6 heteroatoms. The molecule has 0 spiro atoms. The molecule has 0 amide bonds. The van der Waals surface area contributed by atoms with E-state index < -0.39 is 5.60 Å². The third-order valence-corrected chi connectivity index (χ3v) is 4.66. The molecule has 1 saturated carbocycles. The van der Waals surface area contributed by atoms with Crippen molar-refractivity contribution in [2.24, 2.45) is 0 Å². The number of hydrogen-bond donors (Lipinski definition) is 2. The van der Waals surface area contributed by atoms with Gasteiger partial charge in [0.05, 0.1) is 6.26 Å². The topological polar surface area (TPSA) is 84.3 Å². The van der Waals surface area contributed by atoms with E-state index in [1.807, 2.05) is 6.92 Å². The van der Waals surface area contributed by atoms with Crippen molar-refractivity contribution < 1.29 is 14.0 Å². The molecule has 1 atom stereocenters. The molecule has 1 unspecified atom stereocenters. The van der Waals surface area contributed by atoms with Gasteiger partial charge in [-0.1, -0.05) is 12.1 Å². The number of aryl methyl sites for hydroxylation is 1. The zero-order valence-electron chi connectivity index (χ0n) is 13.8. The first-order valence-electron chi connectivity index (χ1n) is 8.40. The first-order valence-corrected chi connectivity index (χ1v) is 8.40. The molecule has 2 heterocycles. The number of rotatable bonds is 6. The minimum absolute atomic E-state index is 0.367. The van der Waals surface area contributed by atoms with Gasteiger partial charge in [0.2, 0.25) is 5.89 Å². The summed E-state index contributed by atoms with van der Waals surface area (Å²) in [5.41, 5.74) is -0.983. The summed E-state index contributed by atoms with van der Waals surface area (Å²) in [7, 11) is 0. The second-order valence-corrected chi connectivity index (χ2v) is 6.58. The Labute approximate surface area is 136 Å². The van der Waals surface area contributed by atoms with E-state index in [-0.39, 0.29) is 0 Å². The Kier molecular flexibility index (Phi) is 4.82. The number of hydrogen-bond acceptors (Lipinski definition) is 6. The fourth-order valence-corrected chi connectivity index (χ4v) is 3.14. The molecule has 0 aliphatic heterocycles. The fourth-order valence-electron chi connectivity index (χ4n) is 3.14. The summed E-state index contributed by atoms with van der Waals surface area (Å²) in [5, 5.41) is 17.9. The Hall–Kier alpha value is -1.66. The summed E-state index contributed by atoms with van der Waals surface area (Å²) < 4.78 is 10.7. The Morgan fingerprint density at radius 3 is 2.74 bits per heavy atom. The van der Waals surface area contributed by atoms with E-state index in [2.05, 4.69) is 15.5 Å². The number of nitrogens with one attached hydrogen (secondary N) is 1. The highest BCUT2D eigenvalue weighted by Gasteiger charge is 2.30. The Morgan fingerprint density at radius 2 is 2.13 bits per heavy atom. The van der Waals surface area contributed by atoms with E-state index in [1.165, 1.54) is 0 Å². The average molecular weight is 319 g/mol. The van der Waals surface area contributed by atoms with Crippen molar-refractivity contribution in [1.82, 2.24) is 15.5 Å². The summed E-state index contributed by atoms with van der Waals surface area (Å²) in [4.78, 5) is 4.45. The molecule has 0 bridgehead atoms. The average Bonchev–Trinajstić information content (AvgIpc) is 3.25. The van der Waals surface area contributed by atoms with Gasteiger partial charge in [-0.05, 0) is 44.7 Å². The van der Waals surface area contributed by atoms with Crippen molar-refractivity contribution in [3.05, 3.63) is 35.9 Å². The van der Waals surface area contributed by atoms with Crippen LogP contribution in [0.1, 0.15) is 62.9 Å². The van der Waals surface area contributed by atoms with Crippen LogP contribution in [0.3, 0.4) is 0 Å². The molecule has 2 aromatic heterocycles. The molecule has 23 heavy (non-hydrogen) atoms. The SMILES string of the molecule is CCc1noc(C2CCC(NCC(C)(O)c3ccco3)CC2)n1. The third-order valence-electron chi connectivity index (χ3n) is 4.66. The largest absolute Gasteiger partial charge is 0.466 e.